The monoisotopic (exact) mass is 345 g/mol. The molecule has 2 N–H and O–H groups in total. The summed E-state index contributed by atoms with van der Waals surface area (Å²) < 4.78 is 5.31. The molecule has 1 aliphatic heterocycles. The average Bonchev–Trinajstić information content (AvgIpc) is 3.24. The van der Waals surface area contributed by atoms with Crippen LogP contribution < -0.4 is 0 Å². The molecule has 2 aromatic heterocycles. The second kappa shape index (κ2) is 7.87. The van der Waals surface area contributed by atoms with Crippen LogP contribution in [0, 0.1) is 0 Å². The van der Waals surface area contributed by atoms with Gasteiger partial charge in [-0.3, -0.25) is 4.79 Å². The molecule has 0 spiro atoms. The highest BCUT2D eigenvalue weighted by molar-refractivity contribution is 5.92. The molecule has 136 valence electrons. The number of furan rings is 1. The van der Waals surface area contributed by atoms with Crippen molar-refractivity contribution in [2.45, 2.75) is 64.0 Å². The molecule has 6 heteroatoms. The van der Waals surface area contributed by atoms with Crippen molar-refractivity contribution in [3.8, 4) is 0 Å². The van der Waals surface area contributed by atoms with Crippen LogP contribution in [-0.4, -0.2) is 38.5 Å². The smallest absolute Gasteiger partial charge is 0.272 e. The number of likely N-dealkylation sites (tertiary alicyclic amines) is 1. The number of carbonyl (C=O) groups excluding carboxylic acids is 1. The Hall–Kier alpha value is -2.08. The van der Waals surface area contributed by atoms with E-state index >= 15 is 0 Å². The topological polar surface area (TPSA) is 82.4 Å². The van der Waals surface area contributed by atoms with Crippen LogP contribution in [0.3, 0.4) is 0 Å². The highest BCUT2D eigenvalue weighted by Gasteiger charge is 2.30. The summed E-state index contributed by atoms with van der Waals surface area (Å²) in [5, 5.41) is 10.4. The van der Waals surface area contributed by atoms with Crippen molar-refractivity contribution >= 4 is 5.91 Å². The summed E-state index contributed by atoms with van der Waals surface area (Å²) in [7, 11) is 0. The van der Waals surface area contributed by atoms with Crippen LogP contribution in [0.2, 0.25) is 0 Å². The van der Waals surface area contributed by atoms with E-state index in [1.165, 1.54) is 0 Å². The third-order valence-electron chi connectivity index (χ3n) is 4.88. The first-order chi connectivity index (χ1) is 12.1. The molecular weight excluding hydrogens is 318 g/mol. The molecule has 0 aromatic carbocycles. The lowest BCUT2D eigenvalue weighted by atomic mass is 10.0. The van der Waals surface area contributed by atoms with Gasteiger partial charge in [-0.1, -0.05) is 26.7 Å². The molecular formula is C19H27N3O3. The lowest BCUT2D eigenvalue weighted by molar-refractivity contribution is 0.0552. The number of nitrogens with zero attached hydrogens (tertiary/aromatic N) is 2. The molecule has 6 nitrogen and oxygen atoms in total. The Morgan fingerprint density at radius 3 is 2.96 bits per heavy atom. The van der Waals surface area contributed by atoms with Crippen molar-refractivity contribution in [1.29, 1.82) is 0 Å². The van der Waals surface area contributed by atoms with E-state index in [1.54, 1.807) is 24.6 Å². The van der Waals surface area contributed by atoms with Crippen molar-refractivity contribution in [2.24, 2.45) is 0 Å². The molecule has 3 heterocycles. The van der Waals surface area contributed by atoms with E-state index in [1.807, 2.05) is 18.7 Å². The van der Waals surface area contributed by atoms with Gasteiger partial charge in [0.2, 0.25) is 0 Å². The Bertz CT molecular complexity index is 678. The minimum Gasteiger partial charge on any atom is -0.467 e. The van der Waals surface area contributed by atoms with Crippen LogP contribution in [0.1, 0.15) is 80.0 Å². The van der Waals surface area contributed by atoms with Gasteiger partial charge in [-0.2, -0.15) is 0 Å². The standard InChI is InChI=1S/C19H27N3O3/c1-13(2)18-20-12-15(21-18)19(24)22-9-5-3-4-7-14(22)11-16(23)17-8-6-10-25-17/h6,8,10,12-14,16,23H,3-5,7,9,11H2,1-2H3,(H,20,21)/t14-,16+/m1/s1. The molecule has 0 radical (unpaired) electrons. The Labute approximate surface area is 148 Å². The third-order valence-corrected chi connectivity index (χ3v) is 4.88. The van der Waals surface area contributed by atoms with E-state index in [0.29, 0.717) is 24.4 Å². The zero-order chi connectivity index (χ0) is 17.8. The molecule has 2 aromatic rings. The number of hydrogen-bond acceptors (Lipinski definition) is 4. The van der Waals surface area contributed by atoms with Crippen LogP contribution in [0.4, 0.5) is 0 Å². The van der Waals surface area contributed by atoms with E-state index in [0.717, 1.165) is 31.5 Å². The fraction of sp³-hybridized carbons (Fsp3) is 0.579. The Balaban J connectivity index is 1.76. The highest BCUT2D eigenvalue weighted by Crippen LogP contribution is 2.27. The van der Waals surface area contributed by atoms with Gasteiger partial charge in [-0.25, -0.2) is 4.98 Å². The van der Waals surface area contributed by atoms with E-state index < -0.39 is 6.10 Å². The number of aromatic nitrogens is 2. The van der Waals surface area contributed by atoms with E-state index in [-0.39, 0.29) is 17.9 Å². The molecule has 0 saturated carbocycles. The van der Waals surface area contributed by atoms with Crippen LogP contribution in [-0.2, 0) is 0 Å². The SMILES string of the molecule is CC(C)c1ncc(C(=O)N2CCCCC[C@@H]2C[C@H](O)c2ccco2)[nH]1. The van der Waals surface area contributed by atoms with Gasteiger partial charge in [0.05, 0.1) is 12.5 Å². The van der Waals surface area contributed by atoms with Crippen molar-refractivity contribution in [2.75, 3.05) is 6.54 Å². The van der Waals surface area contributed by atoms with E-state index in [2.05, 4.69) is 9.97 Å². The largest absolute Gasteiger partial charge is 0.467 e. The first-order valence-corrected chi connectivity index (χ1v) is 9.13. The third kappa shape index (κ3) is 4.12. The number of H-pyrrole nitrogens is 1. The quantitative estimate of drug-likeness (QED) is 0.867. The molecule has 0 unspecified atom stereocenters. The Morgan fingerprint density at radius 1 is 1.44 bits per heavy atom. The Kier molecular flexibility index (Phi) is 5.58. The summed E-state index contributed by atoms with van der Waals surface area (Å²) in [5.41, 5.74) is 0.531. The maximum Gasteiger partial charge on any atom is 0.272 e. The zero-order valence-corrected chi connectivity index (χ0v) is 14.9. The van der Waals surface area contributed by atoms with Crippen molar-refractivity contribution < 1.29 is 14.3 Å². The Morgan fingerprint density at radius 2 is 2.28 bits per heavy atom. The number of aromatic amines is 1. The number of amides is 1. The predicted molar refractivity (Wildman–Crippen MR) is 94.3 cm³/mol. The van der Waals surface area contributed by atoms with Gasteiger partial charge in [0, 0.05) is 24.9 Å². The fourth-order valence-corrected chi connectivity index (χ4v) is 3.44. The number of aliphatic hydroxyl groups excluding tert-OH is 1. The summed E-state index contributed by atoms with van der Waals surface area (Å²) in [5.74, 6) is 1.60. The molecule has 1 fully saturated rings. The lowest BCUT2D eigenvalue weighted by Crippen LogP contribution is -2.41. The summed E-state index contributed by atoms with van der Waals surface area (Å²) in [6.07, 6.45) is 7.05. The first-order valence-electron chi connectivity index (χ1n) is 9.13. The molecule has 3 rings (SSSR count). The fourth-order valence-electron chi connectivity index (χ4n) is 3.44. The van der Waals surface area contributed by atoms with E-state index in [9.17, 15) is 9.90 Å². The molecule has 0 bridgehead atoms. The normalized spacial score (nSPS) is 19.8. The average molecular weight is 345 g/mol. The van der Waals surface area contributed by atoms with Crippen LogP contribution in [0.25, 0.3) is 0 Å². The number of hydrogen-bond donors (Lipinski definition) is 2. The minimum atomic E-state index is -0.693. The number of aliphatic hydroxyl groups is 1. The van der Waals surface area contributed by atoms with Crippen molar-refractivity contribution in [1.82, 2.24) is 14.9 Å². The second-order valence-corrected chi connectivity index (χ2v) is 7.11. The van der Waals surface area contributed by atoms with Gasteiger partial charge in [-0.05, 0) is 25.0 Å². The van der Waals surface area contributed by atoms with Crippen LogP contribution >= 0.6 is 0 Å². The summed E-state index contributed by atoms with van der Waals surface area (Å²) in [4.78, 5) is 22.4. The predicted octanol–water partition coefficient (Wildman–Crippen LogP) is 3.63. The number of carbonyl (C=O) groups is 1. The van der Waals surface area contributed by atoms with Crippen molar-refractivity contribution in [3.63, 3.8) is 0 Å². The van der Waals surface area contributed by atoms with E-state index in [4.69, 9.17) is 4.42 Å². The van der Waals surface area contributed by atoms with Crippen LogP contribution in [0.15, 0.2) is 29.0 Å². The molecule has 0 aliphatic carbocycles. The number of imidazole rings is 1. The summed E-state index contributed by atoms with van der Waals surface area (Å²) in [6.45, 7) is 4.80. The number of rotatable bonds is 5. The summed E-state index contributed by atoms with van der Waals surface area (Å²) >= 11 is 0. The molecule has 1 aliphatic rings. The maximum atomic E-state index is 13.0. The first kappa shape index (κ1) is 17.7. The highest BCUT2D eigenvalue weighted by atomic mass is 16.4. The van der Waals surface area contributed by atoms with Crippen molar-refractivity contribution in [3.05, 3.63) is 41.9 Å². The van der Waals surface area contributed by atoms with Gasteiger partial charge >= 0.3 is 0 Å². The van der Waals surface area contributed by atoms with Gasteiger partial charge in [0.15, 0.2) is 0 Å². The van der Waals surface area contributed by atoms with Gasteiger partial charge in [0.25, 0.3) is 5.91 Å². The number of nitrogens with one attached hydrogen (secondary N) is 1. The van der Waals surface area contributed by atoms with Gasteiger partial charge in [-0.15, -0.1) is 0 Å². The minimum absolute atomic E-state index is 0.000833. The molecule has 2 atom stereocenters. The maximum absolute atomic E-state index is 13.0. The van der Waals surface area contributed by atoms with Gasteiger partial charge < -0.3 is 19.4 Å². The van der Waals surface area contributed by atoms with Crippen LogP contribution in [0.5, 0.6) is 0 Å². The van der Waals surface area contributed by atoms with Gasteiger partial charge in [0.1, 0.15) is 23.4 Å². The zero-order valence-electron chi connectivity index (χ0n) is 14.9. The lowest BCUT2D eigenvalue weighted by Gasteiger charge is -2.31. The molecule has 25 heavy (non-hydrogen) atoms. The second-order valence-electron chi connectivity index (χ2n) is 7.11. The molecule has 1 amide bonds. The summed E-state index contributed by atoms with van der Waals surface area (Å²) in [6, 6.07) is 3.55. The molecule has 1 saturated heterocycles.